The van der Waals surface area contributed by atoms with Crippen molar-refractivity contribution in [2.75, 3.05) is 18.0 Å². The van der Waals surface area contributed by atoms with Gasteiger partial charge in [0.15, 0.2) is 0 Å². The van der Waals surface area contributed by atoms with Gasteiger partial charge in [-0.3, -0.25) is 0 Å². The van der Waals surface area contributed by atoms with E-state index in [4.69, 9.17) is 0 Å². The van der Waals surface area contributed by atoms with Crippen molar-refractivity contribution in [3.8, 4) is 0 Å². The molecule has 96 valence electrons. The minimum Gasteiger partial charge on any atom is -0.339 e. The number of piperazine rings is 1. The van der Waals surface area contributed by atoms with Gasteiger partial charge in [0.25, 0.3) is 0 Å². The predicted molar refractivity (Wildman–Crippen MR) is 70.3 cm³/mol. The number of nitrogens with one attached hydrogen (secondary N) is 2. The summed E-state index contributed by atoms with van der Waals surface area (Å²) in [7, 11) is 0. The van der Waals surface area contributed by atoms with Crippen molar-refractivity contribution >= 4 is 17.0 Å². The second kappa shape index (κ2) is 4.24. The number of hydrogen-bond acceptors (Lipinski definition) is 3. The third-order valence-electron chi connectivity index (χ3n) is 3.29. The number of halogens is 1. The minimum absolute atomic E-state index is 0.236. The van der Waals surface area contributed by atoms with Gasteiger partial charge in [0.2, 0.25) is 5.95 Å². The molecule has 1 aliphatic heterocycles. The van der Waals surface area contributed by atoms with E-state index in [0.29, 0.717) is 12.1 Å². The molecule has 0 aliphatic carbocycles. The Kier molecular flexibility index (Phi) is 2.70. The summed E-state index contributed by atoms with van der Waals surface area (Å²) in [6, 6.07) is 5.49. The average molecular weight is 248 g/mol. The first-order chi connectivity index (χ1) is 8.61. The Bertz CT molecular complexity index is 555. The van der Waals surface area contributed by atoms with Gasteiger partial charge in [-0.25, -0.2) is 9.37 Å². The van der Waals surface area contributed by atoms with E-state index in [1.807, 2.05) is 0 Å². The van der Waals surface area contributed by atoms with Crippen LogP contribution in [0.2, 0.25) is 0 Å². The summed E-state index contributed by atoms with van der Waals surface area (Å²) < 4.78 is 13.1. The van der Waals surface area contributed by atoms with Gasteiger partial charge in [0.1, 0.15) is 5.82 Å². The van der Waals surface area contributed by atoms with Gasteiger partial charge in [0.05, 0.1) is 11.0 Å². The fraction of sp³-hybridized carbons (Fsp3) is 0.462. The maximum absolute atomic E-state index is 13.1. The zero-order valence-electron chi connectivity index (χ0n) is 10.6. The molecule has 2 aromatic rings. The van der Waals surface area contributed by atoms with E-state index in [0.717, 1.165) is 30.1 Å². The average Bonchev–Trinajstić information content (AvgIpc) is 2.70. The molecule has 3 rings (SSSR count). The van der Waals surface area contributed by atoms with Crippen LogP contribution in [0, 0.1) is 5.82 Å². The van der Waals surface area contributed by atoms with Gasteiger partial charge in [-0.2, -0.15) is 0 Å². The summed E-state index contributed by atoms with van der Waals surface area (Å²) in [5.74, 6) is 0.593. The van der Waals surface area contributed by atoms with Gasteiger partial charge in [-0.05, 0) is 32.0 Å². The lowest BCUT2D eigenvalue weighted by molar-refractivity contribution is 0.404. The highest BCUT2D eigenvalue weighted by molar-refractivity contribution is 5.77. The van der Waals surface area contributed by atoms with Crippen molar-refractivity contribution in [1.29, 1.82) is 0 Å². The van der Waals surface area contributed by atoms with E-state index in [1.54, 1.807) is 6.07 Å². The molecule has 1 aromatic heterocycles. The maximum Gasteiger partial charge on any atom is 0.203 e. The van der Waals surface area contributed by atoms with Crippen LogP contribution in [0.15, 0.2) is 18.2 Å². The van der Waals surface area contributed by atoms with Crippen LogP contribution >= 0.6 is 0 Å². The molecule has 2 heterocycles. The van der Waals surface area contributed by atoms with E-state index < -0.39 is 0 Å². The summed E-state index contributed by atoms with van der Waals surface area (Å²) in [6.07, 6.45) is 0. The number of nitrogens with zero attached hydrogens (tertiary/aromatic N) is 2. The monoisotopic (exact) mass is 248 g/mol. The molecule has 1 aliphatic rings. The second-order valence-corrected chi connectivity index (χ2v) is 5.10. The molecule has 0 bridgehead atoms. The van der Waals surface area contributed by atoms with E-state index in [1.165, 1.54) is 12.1 Å². The summed E-state index contributed by atoms with van der Waals surface area (Å²) in [5.41, 5.74) is 1.56. The number of hydrogen-bond donors (Lipinski definition) is 2. The summed E-state index contributed by atoms with van der Waals surface area (Å²) in [6.45, 7) is 6.13. The topological polar surface area (TPSA) is 44.0 Å². The highest BCUT2D eigenvalue weighted by Gasteiger charge is 2.23. The van der Waals surface area contributed by atoms with Crippen LogP contribution in [0.4, 0.5) is 10.3 Å². The van der Waals surface area contributed by atoms with Crippen molar-refractivity contribution < 1.29 is 4.39 Å². The van der Waals surface area contributed by atoms with E-state index >= 15 is 0 Å². The molecule has 2 atom stereocenters. The van der Waals surface area contributed by atoms with Crippen molar-refractivity contribution in [3.05, 3.63) is 24.0 Å². The normalized spacial score (nSPS) is 24.7. The highest BCUT2D eigenvalue weighted by Crippen LogP contribution is 2.20. The first-order valence-electron chi connectivity index (χ1n) is 6.28. The van der Waals surface area contributed by atoms with E-state index in [9.17, 15) is 4.39 Å². The SMILES string of the molecule is CC1CN(c2nc3ccc(F)cc3[nH]2)CC(C)N1. The maximum atomic E-state index is 13.1. The van der Waals surface area contributed by atoms with Crippen LogP contribution in [-0.2, 0) is 0 Å². The van der Waals surface area contributed by atoms with Crippen LogP contribution in [0.3, 0.4) is 0 Å². The van der Waals surface area contributed by atoms with Gasteiger partial charge in [-0.1, -0.05) is 0 Å². The number of fused-ring (bicyclic) bond motifs is 1. The Hall–Kier alpha value is -1.62. The molecule has 2 unspecified atom stereocenters. The molecular formula is C13H17FN4. The number of benzene rings is 1. The van der Waals surface area contributed by atoms with E-state index in [2.05, 4.69) is 34.0 Å². The Morgan fingerprint density at radius 2 is 2.00 bits per heavy atom. The van der Waals surface area contributed by atoms with Crippen molar-refractivity contribution in [2.24, 2.45) is 0 Å². The number of aromatic amines is 1. The molecule has 1 fully saturated rings. The third kappa shape index (κ3) is 2.06. The minimum atomic E-state index is -0.236. The Morgan fingerprint density at radius 1 is 1.28 bits per heavy atom. The summed E-state index contributed by atoms with van der Waals surface area (Å²) in [4.78, 5) is 9.93. The first kappa shape index (κ1) is 11.5. The molecule has 4 nitrogen and oxygen atoms in total. The van der Waals surface area contributed by atoms with Crippen LogP contribution in [-0.4, -0.2) is 35.1 Å². The van der Waals surface area contributed by atoms with Crippen molar-refractivity contribution in [1.82, 2.24) is 15.3 Å². The Morgan fingerprint density at radius 3 is 2.72 bits per heavy atom. The smallest absolute Gasteiger partial charge is 0.203 e. The highest BCUT2D eigenvalue weighted by atomic mass is 19.1. The second-order valence-electron chi connectivity index (χ2n) is 5.10. The Labute approximate surface area is 105 Å². The van der Waals surface area contributed by atoms with Gasteiger partial charge < -0.3 is 15.2 Å². The number of anilines is 1. The van der Waals surface area contributed by atoms with Crippen molar-refractivity contribution in [3.63, 3.8) is 0 Å². The lowest BCUT2D eigenvalue weighted by Crippen LogP contribution is -2.54. The number of H-pyrrole nitrogens is 1. The lowest BCUT2D eigenvalue weighted by Gasteiger charge is -2.35. The van der Waals surface area contributed by atoms with Gasteiger partial charge in [0, 0.05) is 25.2 Å². The first-order valence-corrected chi connectivity index (χ1v) is 6.28. The zero-order chi connectivity index (χ0) is 12.7. The fourth-order valence-corrected chi connectivity index (χ4v) is 2.62. The number of aromatic nitrogens is 2. The molecule has 1 saturated heterocycles. The Balaban J connectivity index is 1.93. The largest absolute Gasteiger partial charge is 0.339 e. The van der Waals surface area contributed by atoms with Gasteiger partial charge in [-0.15, -0.1) is 0 Å². The zero-order valence-corrected chi connectivity index (χ0v) is 10.6. The lowest BCUT2D eigenvalue weighted by atomic mass is 10.1. The molecule has 2 N–H and O–H groups in total. The molecule has 18 heavy (non-hydrogen) atoms. The van der Waals surface area contributed by atoms with Crippen LogP contribution in [0.5, 0.6) is 0 Å². The molecule has 0 radical (unpaired) electrons. The third-order valence-corrected chi connectivity index (χ3v) is 3.29. The van der Waals surface area contributed by atoms with Crippen molar-refractivity contribution in [2.45, 2.75) is 25.9 Å². The van der Waals surface area contributed by atoms with E-state index in [-0.39, 0.29) is 5.82 Å². The van der Waals surface area contributed by atoms with Crippen LogP contribution < -0.4 is 10.2 Å². The molecule has 0 amide bonds. The van der Waals surface area contributed by atoms with Crippen LogP contribution in [0.1, 0.15) is 13.8 Å². The quantitative estimate of drug-likeness (QED) is 0.810. The molecule has 1 aromatic carbocycles. The predicted octanol–water partition coefficient (Wildman–Crippen LogP) is 1.89. The molecule has 0 spiro atoms. The standard InChI is InChI=1S/C13H17FN4/c1-8-6-18(7-9(2)15-8)13-16-11-4-3-10(14)5-12(11)17-13/h3-5,8-9,15H,6-7H2,1-2H3,(H,16,17). The number of imidazole rings is 1. The molecular weight excluding hydrogens is 231 g/mol. The van der Waals surface area contributed by atoms with Crippen LogP contribution in [0.25, 0.3) is 11.0 Å². The molecule has 5 heteroatoms. The summed E-state index contributed by atoms with van der Waals surface area (Å²) in [5, 5.41) is 3.48. The fourth-order valence-electron chi connectivity index (χ4n) is 2.62. The number of rotatable bonds is 1. The van der Waals surface area contributed by atoms with Gasteiger partial charge >= 0.3 is 0 Å². The molecule has 0 saturated carbocycles. The summed E-state index contributed by atoms with van der Waals surface area (Å²) >= 11 is 0.